The van der Waals surface area contributed by atoms with Crippen molar-refractivity contribution in [3.63, 3.8) is 0 Å². The van der Waals surface area contributed by atoms with Gasteiger partial charge < -0.3 is 18.6 Å². The zero-order valence-electron chi connectivity index (χ0n) is 16.0. The Balaban J connectivity index is 0.00000272. The second-order valence-electron chi connectivity index (χ2n) is 6.12. The Hall–Kier alpha value is -3.91. The van der Waals surface area contributed by atoms with Gasteiger partial charge in [0.2, 0.25) is 11.7 Å². The molecule has 0 radical (unpaired) electrons. The third-order valence-corrected chi connectivity index (χ3v) is 4.11. The molecule has 0 atom stereocenters. The predicted octanol–water partition coefficient (Wildman–Crippen LogP) is 4.41. The lowest BCUT2D eigenvalue weighted by molar-refractivity contribution is -0.129. The van der Waals surface area contributed by atoms with Crippen LogP contribution in [0.2, 0.25) is 0 Å². The molecular formula is C22H15ClFNO6. The van der Waals surface area contributed by atoms with E-state index in [-0.39, 0.29) is 41.3 Å². The van der Waals surface area contributed by atoms with Crippen LogP contribution in [0.5, 0.6) is 11.5 Å². The van der Waals surface area contributed by atoms with E-state index in [1.807, 2.05) is 0 Å². The fourth-order valence-corrected chi connectivity index (χ4v) is 2.72. The molecule has 0 saturated carbocycles. The maximum Gasteiger partial charge on any atom is 0.379 e. The lowest BCUT2D eigenvalue weighted by atomic mass is 10.1. The van der Waals surface area contributed by atoms with E-state index in [9.17, 15) is 14.0 Å². The second-order valence-corrected chi connectivity index (χ2v) is 6.12. The van der Waals surface area contributed by atoms with Crippen LogP contribution in [0.25, 0.3) is 6.08 Å². The number of hydrogen-bond donors (Lipinski definition) is 0. The number of esters is 2. The number of aliphatic imine (C=N–C) groups is 1. The number of rotatable bonds is 5. The molecule has 0 saturated heterocycles. The lowest BCUT2D eigenvalue weighted by Crippen LogP contribution is -2.08. The molecule has 0 N–H and O–H groups in total. The highest BCUT2D eigenvalue weighted by Gasteiger charge is 2.24. The first-order chi connectivity index (χ1) is 14.5. The van der Waals surface area contributed by atoms with Crippen LogP contribution in [0.15, 0.2) is 76.0 Å². The van der Waals surface area contributed by atoms with Crippen molar-refractivity contribution in [3.8, 4) is 11.5 Å². The number of hydrogen-bond acceptors (Lipinski definition) is 7. The van der Waals surface area contributed by atoms with Gasteiger partial charge in [0.15, 0.2) is 17.2 Å². The van der Waals surface area contributed by atoms with E-state index in [1.165, 1.54) is 49.8 Å². The van der Waals surface area contributed by atoms with Crippen LogP contribution in [0, 0.1) is 5.82 Å². The van der Waals surface area contributed by atoms with Gasteiger partial charge in [0.25, 0.3) is 0 Å². The summed E-state index contributed by atoms with van der Waals surface area (Å²) in [4.78, 5) is 28.3. The Labute approximate surface area is 182 Å². The molecule has 0 unspecified atom stereocenters. The third-order valence-electron chi connectivity index (χ3n) is 4.11. The average Bonchev–Trinajstić information content (AvgIpc) is 3.40. The van der Waals surface area contributed by atoms with Crippen LogP contribution in [0.4, 0.5) is 4.39 Å². The molecule has 0 aliphatic carbocycles. The van der Waals surface area contributed by atoms with E-state index in [0.717, 1.165) is 0 Å². The molecule has 2 heterocycles. The number of ether oxygens (including phenoxy) is 3. The van der Waals surface area contributed by atoms with E-state index in [1.54, 1.807) is 24.3 Å². The summed E-state index contributed by atoms with van der Waals surface area (Å²) in [5.41, 5.74) is 0.946. The molecule has 31 heavy (non-hydrogen) atoms. The Kier molecular flexibility index (Phi) is 6.52. The van der Waals surface area contributed by atoms with Gasteiger partial charge in [-0.2, -0.15) is 0 Å². The second kappa shape index (κ2) is 9.27. The van der Waals surface area contributed by atoms with Crippen LogP contribution in [-0.4, -0.2) is 24.9 Å². The molecule has 7 nitrogen and oxygen atoms in total. The van der Waals surface area contributed by atoms with Gasteiger partial charge in [-0.3, -0.25) is 0 Å². The van der Waals surface area contributed by atoms with Crippen molar-refractivity contribution in [1.82, 2.24) is 0 Å². The van der Waals surface area contributed by atoms with Crippen LogP contribution < -0.4 is 9.47 Å². The number of nitrogens with zero attached hydrogens (tertiary/aromatic N) is 1. The lowest BCUT2D eigenvalue weighted by Gasteiger charge is -2.09. The van der Waals surface area contributed by atoms with Crippen LogP contribution in [0.1, 0.15) is 21.7 Å². The van der Waals surface area contributed by atoms with Crippen molar-refractivity contribution in [3.05, 3.63) is 89.3 Å². The fourth-order valence-electron chi connectivity index (χ4n) is 2.72. The first-order valence-electron chi connectivity index (χ1n) is 8.76. The number of furan rings is 1. The third kappa shape index (κ3) is 4.81. The van der Waals surface area contributed by atoms with Crippen molar-refractivity contribution < 1.29 is 32.6 Å². The number of benzene rings is 2. The molecular weight excluding hydrogens is 429 g/mol. The van der Waals surface area contributed by atoms with E-state index < -0.39 is 17.8 Å². The number of halogens is 2. The molecule has 1 aliphatic heterocycles. The average molecular weight is 444 g/mol. The minimum atomic E-state index is -0.673. The molecule has 0 bridgehead atoms. The molecule has 0 amide bonds. The van der Waals surface area contributed by atoms with Crippen molar-refractivity contribution in [2.75, 3.05) is 7.11 Å². The van der Waals surface area contributed by atoms with Gasteiger partial charge in [-0.25, -0.2) is 19.0 Å². The van der Waals surface area contributed by atoms with Crippen molar-refractivity contribution >= 4 is 36.3 Å². The maximum atomic E-state index is 13.4. The molecule has 158 valence electrons. The smallest absolute Gasteiger partial charge is 0.379 e. The molecule has 0 fully saturated rings. The van der Waals surface area contributed by atoms with Crippen LogP contribution in [0.3, 0.4) is 0 Å². The summed E-state index contributed by atoms with van der Waals surface area (Å²) < 4.78 is 34.1. The summed E-state index contributed by atoms with van der Waals surface area (Å²) in [6.07, 6.45) is 2.84. The quantitative estimate of drug-likeness (QED) is 0.330. The van der Waals surface area contributed by atoms with Crippen LogP contribution in [-0.2, 0) is 9.53 Å². The molecule has 9 heteroatoms. The summed E-state index contributed by atoms with van der Waals surface area (Å²) >= 11 is 0. The highest BCUT2D eigenvalue weighted by molar-refractivity contribution is 6.12. The zero-order chi connectivity index (χ0) is 21.1. The van der Waals surface area contributed by atoms with Crippen LogP contribution >= 0.6 is 12.4 Å². The van der Waals surface area contributed by atoms with Crippen molar-refractivity contribution in [1.29, 1.82) is 0 Å². The highest BCUT2D eigenvalue weighted by Crippen LogP contribution is 2.30. The van der Waals surface area contributed by atoms with Gasteiger partial charge >= 0.3 is 11.9 Å². The van der Waals surface area contributed by atoms with Gasteiger partial charge in [0.05, 0.1) is 13.4 Å². The molecule has 3 aromatic rings. The Morgan fingerprint density at radius 3 is 2.65 bits per heavy atom. The molecule has 0 spiro atoms. The Morgan fingerprint density at radius 1 is 1.10 bits per heavy atom. The predicted molar refractivity (Wildman–Crippen MR) is 111 cm³/mol. The van der Waals surface area contributed by atoms with Crippen molar-refractivity contribution in [2.45, 2.75) is 0 Å². The maximum absolute atomic E-state index is 13.4. The standard InChI is InChI=1S/C22H14FNO6.ClH/c1-27-19-11-13(7-8-17(19)29-22(26)18-6-3-9-28-18)10-16-21(25)30-20(24-16)14-4-2-5-15(23)12-14;/h2-12H,1H3;1H. The topological polar surface area (TPSA) is 87.3 Å². The van der Waals surface area contributed by atoms with Crippen molar-refractivity contribution in [2.24, 2.45) is 4.99 Å². The number of carbonyl (C=O) groups excluding carboxylic acids is 2. The first kappa shape index (κ1) is 21.8. The SMILES string of the molecule is COc1cc(C=C2N=C(c3cccc(F)c3)OC2=O)ccc1OC(=O)c1ccco1.Cl. The van der Waals surface area contributed by atoms with Gasteiger partial charge in [0, 0.05) is 5.56 Å². The minimum Gasteiger partial charge on any atom is -0.493 e. The Morgan fingerprint density at radius 2 is 1.94 bits per heavy atom. The summed E-state index contributed by atoms with van der Waals surface area (Å²) in [7, 11) is 1.42. The number of methoxy groups -OCH3 is 1. The summed E-state index contributed by atoms with van der Waals surface area (Å²) in [5, 5.41) is 0. The molecule has 2 aromatic carbocycles. The monoisotopic (exact) mass is 443 g/mol. The van der Waals surface area contributed by atoms with Gasteiger partial charge in [-0.05, 0) is 54.1 Å². The molecule has 1 aliphatic rings. The van der Waals surface area contributed by atoms with Gasteiger partial charge in [0.1, 0.15) is 5.82 Å². The van der Waals surface area contributed by atoms with Gasteiger partial charge in [-0.15, -0.1) is 12.4 Å². The molecule has 4 rings (SSSR count). The van der Waals surface area contributed by atoms with E-state index >= 15 is 0 Å². The minimum absolute atomic E-state index is 0. The fraction of sp³-hybridized carbons (Fsp3) is 0.0455. The first-order valence-corrected chi connectivity index (χ1v) is 8.76. The zero-order valence-corrected chi connectivity index (χ0v) is 16.9. The number of carbonyl (C=O) groups is 2. The van der Waals surface area contributed by atoms with Gasteiger partial charge in [-0.1, -0.05) is 12.1 Å². The van der Waals surface area contributed by atoms with E-state index in [0.29, 0.717) is 11.1 Å². The summed E-state index contributed by atoms with van der Waals surface area (Å²) in [6.45, 7) is 0. The van der Waals surface area contributed by atoms with E-state index in [4.69, 9.17) is 18.6 Å². The van der Waals surface area contributed by atoms with E-state index in [2.05, 4.69) is 4.99 Å². The normalized spacial score (nSPS) is 13.9. The Bertz CT molecular complexity index is 1190. The summed E-state index contributed by atoms with van der Waals surface area (Å²) in [5.74, 6) is -1.29. The molecule has 1 aromatic heterocycles. The number of cyclic esters (lactones) is 1. The largest absolute Gasteiger partial charge is 0.493 e. The highest BCUT2D eigenvalue weighted by atomic mass is 35.5. The summed E-state index contributed by atoms with van der Waals surface area (Å²) in [6, 6.07) is 13.3.